The molecule has 1 aliphatic carbocycles. The summed E-state index contributed by atoms with van der Waals surface area (Å²) in [6.45, 7) is 4.99. The molecular formula is C29H38N4O3. The predicted octanol–water partition coefficient (Wildman–Crippen LogP) is 4.11. The van der Waals surface area contributed by atoms with Crippen molar-refractivity contribution >= 4 is 22.8 Å². The molecule has 3 N–H and O–H groups in total. The number of hydrogen-bond donors (Lipinski definition) is 2. The van der Waals surface area contributed by atoms with Crippen molar-refractivity contribution in [2.75, 3.05) is 26.7 Å². The first kappa shape index (κ1) is 24.5. The number of methoxy groups -OCH3 is 1. The number of carbonyl (C=O) groups excluding carboxylic acids is 2. The van der Waals surface area contributed by atoms with Gasteiger partial charge in [-0.15, -0.1) is 0 Å². The zero-order valence-electron chi connectivity index (χ0n) is 21.3. The van der Waals surface area contributed by atoms with Gasteiger partial charge in [0.15, 0.2) is 0 Å². The maximum absolute atomic E-state index is 13.7. The van der Waals surface area contributed by atoms with Crippen LogP contribution in [-0.2, 0) is 22.5 Å². The number of piperidine rings is 1. The molecule has 7 heteroatoms. The van der Waals surface area contributed by atoms with E-state index in [9.17, 15) is 9.59 Å². The van der Waals surface area contributed by atoms with Gasteiger partial charge in [0.05, 0.1) is 13.7 Å². The number of carbonyl (C=O) groups is 2. The van der Waals surface area contributed by atoms with E-state index in [0.29, 0.717) is 0 Å². The van der Waals surface area contributed by atoms with Crippen molar-refractivity contribution in [1.29, 1.82) is 0 Å². The quantitative estimate of drug-likeness (QED) is 0.636. The summed E-state index contributed by atoms with van der Waals surface area (Å²) in [6.07, 6.45) is 8.15. The van der Waals surface area contributed by atoms with Crippen LogP contribution in [0.3, 0.4) is 0 Å². The average Bonchev–Trinajstić information content (AvgIpc) is 3.14. The summed E-state index contributed by atoms with van der Waals surface area (Å²) < 4.78 is 4.70. The van der Waals surface area contributed by atoms with E-state index in [-0.39, 0.29) is 19.9 Å². The topological polar surface area (TPSA) is 87.9 Å². The lowest BCUT2D eigenvalue weighted by Gasteiger charge is -2.38. The SMILES string of the molecule is CCc1cccc2cccc(CN3CCC(N4C(=O)C(N)(CNC(=O)OC)C5=CCCC=C54)CC3)c12.[HH]. The minimum Gasteiger partial charge on any atom is -0.453 e. The molecule has 3 aliphatic rings. The van der Waals surface area contributed by atoms with Crippen molar-refractivity contribution in [3.63, 3.8) is 0 Å². The van der Waals surface area contributed by atoms with Crippen LogP contribution in [0.15, 0.2) is 59.8 Å². The summed E-state index contributed by atoms with van der Waals surface area (Å²) in [5, 5.41) is 5.33. The number of likely N-dealkylation sites (tertiary alicyclic amines) is 2. The molecule has 2 aliphatic heterocycles. The predicted molar refractivity (Wildman–Crippen MR) is 143 cm³/mol. The second-order valence-electron chi connectivity index (χ2n) is 10.1. The third kappa shape index (κ3) is 4.31. The van der Waals surface area contributed by atoms with Crippen molar-refractivity contribution in [3.8, 4) is 0 Å². The summed E-state index contributed by atoms with van der Waals surface area (Å²) in [5.74, 6) is -0.126. The van der Waals surface area contributed by atoms with E-state index in [0.717, 1.165) is 63.0 Å². The molecule has 0 bridgehead atoms. The number of ether oxygens (including phenoxy) is 1. The second-order valence-corrected chi connectivity index (χ2v) is 10.1. The standard InChI is InChI=1S/C29H36N4O3.H2/c1-3-20-8-6-9-21-10-7-11-22(26(20)21)18-32-16-14-23(15-17-32)33-25-13-5-4-12-24(25)29(30,27(33)34)19-31-28(35)36-2;/h6-13,23H,3-5,14-19,30H2,1-2H3,(H,31,35);1H. The van der Waals surface area contributed by atoms with Gasteiger partial charge in [-0.2, -0.15) is 0 Å². The first-order chi connectivity index (χ1) is 17.5. The number of rotatable bonds is 6. The lowest BCUT2D eigenvalue weighted by Crippen LogP contribution is -2.58. The molecule has 7 nitrogen and oxygen atoms in total. The number of alkyl carbamates (subject to hydrolysis) is 1. The lowest BCUT2D eigenvalue weighted by molar-refractivity contribution is -0.133. The molecule has 192 valence electrons. The minimum atomic E-state index is -1.25. The number of allylic oxidation sites excluding steroid dienone is 2. The molecule has 2 aromatic rings. The van der Waals surface area contributed by atoms with E-state index < -0.39 is 11.6 Å². The molecule has 1 unspecified atom stereocenters. The molecule has 5 rings (SSSR count). The van der Waals surface area contributed by atoms with Gasteiger partial charge >= 0.3 is 6.09 Å². The number of fused-ring (bicyclic) bond motifs is 2. The number of nitrogens with two attached hydrogens (primary N) is 1. The highest BCUT2D eigenvalue weighted by Gasteiger charge is 2.53. The van der Waals surface area contributed by atoms with E-state index in [1.165, 1.54) is 29.0 Å². The lowest BCUT2D eigenvalue weighted by atomic mass is 9.88. The molecule has 2 aromatic carbocycles. The number of hydrogen-bond acceptors (Lipinski definition) is 5. The molecule has 0 spiro atoms. The van der Waals surface area contributed by atoms with E-state index in [4.69, 9.17) is 10.5 Å². The smallest absolute Gasteiger partial charge is 0.406 e. The molecule has 2 saturated heterocycles. The summed E-state index contributed by atoms with van der Waals surface area (Å²) >= 11 is 0. The van der Waals surface area contributed by atoms with Crippen LogP contribution in [-0.4, -0.2) is 60.1 Å². The van der Waals surface area contributed by atoms with Crippen molar-refractivity contribution in [3.05, 3.63) is 70.9 Å². The van der Waals surface area contributed by atoms with E-state index in [1.807, 2.05) is 4.90 Å². The van der Waals surface area contributed by atoms with E-state index in [2.05, 4.69) is 65.7 Å². The van der Waals surface area contributed by atoms with Crippen LogP contribution in [0.2, 0.25) is 0 Å². The first-order valence-corrected chi connectivity index (χ1v) is 13.0. The van der Waals surface area contributed by atoms with E-state index in [1.54, 1.807) is 0 Å². The highest BCUT2D eigenvalue weighted by molar-refractivity contribution is 5.98. The Labute approximate surface area is 214 Å². The third-order valence-electron chi connectivity index (χ3n) is 7.94. The average molecular weight is 491 g/mol. The third-order valence-corrected chi connectivity index (χ3v) is 7.94. The van der Waals surface area contributed by atoms with Crippen molar-refractivity contribution in [1.82, 2.24) is 15.1 Å². The minimum absolute atomic E-state index is 0. The Morgan fingerprint density at radius 1 is 1.14 bits per heavy atom. The fourth-order valence-corrected chi connectivity index (χ4v) is 6.06. The van der Waals surface area contributed by atoms with Gasteiger partial charge < -0.3 is 20.7 Å². The monoisotopic (exact) mass is 490 g/mol. The Morgan fingerprint density at radius 3 is 2.53 bits per heavy atom. The number of amides is 2. The Bertz CT molecular complexity index is 1230. The number of nitrogens with zero attached hydrogens (tertiary/aromatic N) is 2. The zero-order chi connectivity index (χ0) is 25.3. The molecule has 0 radical (unpaired) electrons. The molecule has 1 atom stereocenters. The van der Waals surface area contributed by atoms with Crippen LogP contribution in [0.25, 0.3) is 10.8 Å². The van der Waals surface area contributed by atoms with Gasteiger partial charge in [-0.25, -0.2) is 4.79 Å². The van der Waals surface area contributed by atoms with Gasteiger partial charge in [0.2, 0.25) is 0 Å². The van der Waals surface area contributed by atoms with Gasteiger partial charge in [-0.05, 0) is 54.0 Å². The molecule has 2 amide bonds. The number of nitrogens with one attached hydrogen (secondary N) is 1. The van der Waals surface area contributed by atoms with Crippen LogP contribution in [0.1, 0.15) is 45.2 Å². The molecule has 2 fully saturated rings. The fourth-order valence-electron chi connectivity index (χ4n) is 6.06. The number of benzene rings is 2. The van der Waals surface area contributed by atoms with Crippen LogP contribution in [0.4, 0.5) is 4.79 Å². The van der Waals surface area contributed by atoms with Gasteiger partial charge in [-0.3, -0.25) is 9.69 Å². The Hall–Kier alpha value is -3.16. The normalized spacial score (nSPS) is 22.9. The first-order valence-electron chi connectivity index (χ1n) is 13.0. The summed E-state index contributed by atoms with van der Waals surface area (Å²) in [4.78, 5) is 29.8. The van der Waals surface area contributed by atoms with E-state index >= 15 is 0 Å². The summed E-state index contributed by atoms with van der Waals surface area (Å²) in [6, 6.07) is 13.3. The second kappa shape index (κ2) is 10.1. The van der Waals surface area contributed by atoms with Crippen LogP contribution < -0.4 is 11.1 Å². The van der Waals surface area contributed by atoms with Gasteiger partial charge in [0, 0.05) is 38.4 Å². The maximum atomic E-state index is 13.7. The largest absolute Gasteiger partial charge is 0.453 e. The van der Waals surface area contributed by atoms with Crippen LogP contribution in [0.5, 0.6) is 0 Å². The van der Waals surface area contributed by atoms with Crippen LogP contribution >= 0.6 is 0 Å². The summed E-state index contributed by atoms with van der Waals surface area (Å²) in [7, 11) is 1.31. The fraction of sp³-hybridized carbons (Fsp3) is 0.448. The van der Waals surface area contributed by atoms with Crippen LogP contribution in [0, 0.1) is 0 Å². The van der Waals surface area contributed by atoms with Crippen molar-refractivity contribution in [2.45, 2.75) is 57.2 Å². The zero-order valence-corrected chi connectivity index (χ0v) is 21.3. The van der Waals surface area contributed by atoms with Gasteiger partial charge in [0.25, 0.3) is 5.91 Å². The molecule has 2 heterocycles. The van der Waals surface area contributed by atoms with Gasteiger partial charge in [0.1, 0.15) is 5.54 Å². The van der Waals surface area contributed by atoms with Crippen molar-refractivity contribution in [2.24, 2.45) is 5.73 Å². The Kier molecular flexibility index (Phi) is 6.86. The van der Waals surface area contributed by atoms with Crippen molar-refractivity contribution < 1.29 is 15.8 Å². The number of aryl methyl sites for hydroxylation is 1. The highest BCUT2D eigenvalue weighted by atomic mass is 16.5. The molecule has 36 heavy (non-hydrogen) atoms. The molecule has 0 saturated carbocycles. The highest BCUT2D eigenvalue weighted by Crippen LogP contribution is 2.41. The molecule has 0 aromatic heterocycles. The van der Waals surface area contributed by atoms with Gasteiger partial charge in [-0.1, -0.05) is 55.5 Å². The Balaban J connectivity index is 0.00000320. The Morgan fingerprint density at radius 2 is 1.83 bits per heavy atom. The summed E-state index contributed by atoms with van der Waals surface area (Å²) in [5.41, 5.74) is 9.96. The maximum Gasteiger partial charge on any atom is 0.406 e. The molecular weight excluding hydrogens is 452 g/mol.